The van der Waals surface area contributed by atoms with E-state index in [2.05, 4.69) is 67.7 Å². The van der Waals surface area contributed by atoms with Crippen LogP contribution in [0.2, 0.25) is 0 Å². The zero-order valence-electron chi connectivity index (χ0n) is 11.7. The summed E-state index contributed by atoms with van der Waals surface area (Å²) in [5.41, 5.74) is 5.41. The van der Waals surface area contributed by atoms with E-state index < -0.39 is 0 Å². The van der Waals surface area contributed by atoms with Crippen LogP contribution in [0, 0.1) is 13.8 Å². The van der Waals surface area contributed by atoms with Crippen LogP contribution in [-0.4, -0.2) is 6.04 Å². The average molecular weight is 251 g/mol. The van der Waals surface area contributed by atoms with Crippen molar-refractivity contribution in [3.63, 3.8) is 0 Å². The molecule has 0 unspecified atom stereocenters. The Labute approximate surface area is 115 Å². The van der Waals surface area contributed by atoms with Crippen molar-refractivity contribution in [3.05, 3.63) is 65.2 Å². The lowest BCUT2D eigenvalue weighted by Gasteiger charge is -2.37. The third-order valence-corrected chi connectivity index (χ3v) is 4.08. The van der Waals surface area contributed by atoms with Gasteiger partial charge in [-0.25, -0.2) is 0 Å². The van der Waals surface area contributed by atoms with Gasteiger partial charge in [-0.2, -0.15) is 0 Å². The molecule has 3 rings (SSSR count). The first-order chi connectivity index (χ1) is 9.20. The summed E-state index contributed by atoms with van der Waals surface area (Å²) in [6.45, 7) is 4.29. The average Bonchev–Trinajstić information content (AvgIpc) is 2.35. The molecule has 1 aliphatic rings. The quantitative estimate of drug-likeness (QED) is 0.836. The molecule has 1 aliphatic carbocycles. The summed E-state index contributed by atoms with van der Waals surface area (Å²) in [5.74, 6) is 0.739. The van der Waals surface area contributed by atoms with Gasteiger partial charge in [-0.3, -0.25) is 0 Å². The van der Waals surface area contributed by atoms with Crippen molar-refractivity contribution in [1.29, 1.82) is 0 Å². The van der Waals surface area contributed by atoms with Crippen molar-refractivity contribution in [2.45, 2.75) is 38.6 Å². The first-order valence-electron chi connectivity index (χ1n) is 7.10. The number of anilines is 1. The molecule has 1 heteroatoms. The summed E-state index contributed by atoms with van der Waals surface area (Å²) in [4.78, 5) is 0. The van der Waals surface area contributed by atoms with Crippen LogP contribution in [0.5, 0.6) is 0 Å². The predicted octanol–water partition coefficient (Wildman–Crippen LogP) is 4.66. The second kappa shape index (κ2) is 5.08. The van der Waals surface area contributed by atoms with Gasteiger partial charge in [0, 0.05) is 11.7 Å². The van der Waals surface area contributed by atoms with E-state index >= 15 is 0 Å². The van der Waals surface area contributed by atoms with Gasteiger partial charge in [0.15, 0.2) is 0 Å². The van der Waals surface area contributed by atoms with Crippen molar-refractivity contribution in [3.8, 4) is 0 Å². The summed E-state index contributed by atoms with van der Waals surface area (Å²) in [5, 5.41) is 3.63. The van der Waals surface area contributed by atoms with Crippen LogP contribution in [0.4, 0.5) is 5.69 Å². The van der Waals surface area contributed by atoms with E-state index in [0.717, 1.165) is 5.92 Å². The van der Waals surface area contributed by atoms with Gasteiger partial charge in [-0.05, 0) is 55.9 Å². The molecule has 2 aromatic rings. The molecule has 19 heavy (non-hydrogen) atoms. The van der Waals surface area contributed by atoms with Gasteiger partial charge in [0.25, 0.3) is 0 Å². The summed E-state index contributed by atoms with van der Waals surface area (Å²) < 4.78 is 0. The molecule has 2 aromatic carbocycles. The van der Waals surface area contributed by atoms with E-state index in [1.807, 2.05) is 0 Å². The lowest BCUT2D eigenvalue weighted by Crippen LogP contribution is -2.33. The second-order valence-electron chi connectivity index (χ2n) is 5.79. The largest absolute Gasteiger partial charge is 0.382 e. The summed E-state index contributed by atoms with van der Waals surface area (Å²) in [6, 6.07) is 18.3. The van der Waals surface area contributed by atoms with Crippen molar-refractivity contribution in [2.24, 2.45) is 0 Å². The molecule has 1 N–H and O–H groups in total. The minimum atomic E-state index is 0.633. The Morgan fingerprint density at radius 3 is 2.32 bits per heavy atom. The van der Waals surface area contributed by atoms with Crippen LogP contribution in [0.1, 0.15) is 35.4 Å². The van der Waals surface area contributed by atoms with E-state index in [0.29, 0.717) is 6.04 Å². The van der Waals surface area contributed by atoms with Gasteiger partial charge in [0.1, 0.15) is 0 Å². The number of hydrogen-bond donors (Lipinski definition) is 1. The van der Waals surface area contributed by atoms with E-state index in [4.69, 9.17) is 0 Å². The second-order valence-corrected chi connectivity index (χ2v) is 5.79. The Hall–Kier alpha value is -1.76. The fraction of sp³-hybridized carbons (Fsp3) is 0.333. The molecule has 0 bridgehead atoms. The van der Waals surface area contributed by atoms with Crippen LogP contribution < -0.4 is 5.32 Å². The normalized spacial score (nSPS) is 21.8. The molecule has 0 heterocycles. The van der Waals surface area contributed by atoms with Crippen molar-refractivity contribution >= 4 is 5.69 Å². The Kier molecular flexibility index (Phi) is 3.29. The minimum absolute atomic E-state index is 0.633. The molecule has 0 amide bonds. The third kappa shape index (κ3) is 2.81. The maximum Gasteiger partial charge on any atom is 0.0344 e. The molecule has 98 valence electrons. The number of benzene rings is 2. The SMILES string of the molecule is Cc1ccc(C2CC(Nc3cccc(C)c3)C2)cc1. The van der Waals surface area contributed by atoms with Crippen molar-refractivity contribution in [1.82, 2.24) is 0 Å². The highest BCUT2D eigenvalue weighted by atomic mass is 14.9. The highest BCUT2D eigenvalue weighted by Gasteiger charge is 2.29. The Morgan fingerprint density at radius 2 is 1.63 bits per heavy atom. The van der Waals surface area contributed by atoms with Crippen LogP contribution in [-0.2, 0) is 0 Å². The number of aryl methyl sites for hydroxylation is 2. The lowest BCUT2D eigenvalue weighted by molar-refractivity contribution is 0.374. The monoisotopic (exact) mass is 251 g/mol. The lowest BCUT2D eigenvalue weighted by atomic mass is 9.75. The van der Waals surface area contributed by atoms with Crippen LogP contribution in [0.3, 0.4) is 0 Å². The molecule has 1 saturated carbocycles. The van der Waals surface area contributed by atoms with E-state index in [1.54, 1.807) is 0 Å². The smallest absolute Gasteiger partial charge is 0.0344 e. The highest BCUT2D eigenvalue weighted by Crippen LogP contribution is 2.38. The molecule has 1 nitrogen and oxygen atoms in total. The van der Waals surface area contributed by atoms with E-state index in [9.17, 15) is 0 Å². The van der Waals surface area contributed by atoms with Gasteiger partial charge in [-0.15, -0.1) is 0 Å². The number of hydrogen-bond acceptors (Lipinski definition) is 1. The zero-order valence-corrected chi connectivity index (χ0v) is 11.7. The highest BCUT2D eigenvalue weighted by molar-refractivity contribution is 5.47. The fourth-order valence-electron chi connectivity index (χ4n) is 2.82. The molecule has 0 radical (unpaired) electrons. The molecular formula is C18H21N. The van der Waals surface area contributed by atoms with Gasteiger partial charge in [0.2, 0.25) is 0 Å². The first kappa shape index (κ1) is 12.3. The maximum absolute atomic E-state index is 3.63. The van der Waals surface area contributed by atoms with Crippen LogP contribution >= 0.6 is 0 Å². The molecule has 0 aromatic heterocycles. The molecule has 0 atom stereocenters. The van der Waals surface area contributed by atoms with Crippen LogP contribution in [0.25, 0.3) is 0 Å². The van der Waals surface area contributed by atoms with Crippen molar-refractivity contribution in [2.75, 3.05) is 5.32 Å². The summed E-state index contributed by atoms with van der Waals surface area (Å²) in [7, 11) is 0. The number of rotatable bonds is 3. The Bertz CT molecular complexity index is 550. The van der Waals surface area contributed by atoms with Gasteiger partial charge in [0.05, 0.1) is 0 Å². The topological polar surface area (TPSA) is 12.0 Å². The minimum Gasteiger partial charge on any atom is -0.382 e. The predicted molar refractivity (Wildman–Crippen MR) is 81.7 cm³/mol. The fourth-order valence-corrected chi connectivity index (χ4v) is 2.82. The molecule has 0 saturated heterocycles. The Balaban J connectivity index is 1.57. The van der Waals surface area contributed by atoms with Gasteiger partial charge in [-0.1, -0.05) is 42.0 Å². The summed E-state index contributed by atoms with van der Waals surface area (Å²) in [6.07, 6.45) is 2.49. The maximum atomic E-state index is 3.63. The molecule has 0 spiro atoms. The third-order valence-electron chi connectivity index (χ3n) is 4.08. The molecule has 1 fully saturated rings. The first-order valence-corrected chi connectivity index (χ1v) is 7.10. The van der Waals surface area contributed by atoms with Crippen molar-refractivity contribution < 1.29 is 0 Å². The van der Waals surface area contributed by atoms with E-state index in [1.165, 1.54) is 35.2 Å². The van der Waals surface area contributed by atoms with E-state index in [-0.39, 0.29) is 0 Å². The molecule has 0 aliphatic heterocycles. The standard InChI is InChI=1S/C18H21N/c1-13-6-8-15(9-7-13)16-11-18(12-16)19-17-5-3-4-14(2)10-17/h3-10,16,18-19H,11-12H2,1-2H3. The van der Waals surface area contributed by atoms with Gasteiger partial charge < -0.3 is 5.32 Å². The van der Waals surface area contributed by atoms with Gasteiger partial charge >= 0.3 is 0 Å². The van der Waals surface area contributed by atoms with Crippen LogP contribution in [0.15, 0.2) is 48.5 Å². The Morgan fingerprint density at radius 1 is 0.895 bits per heavy atom. The number of nitrogens with one attached hydrogen (secondary N) is 1. The summed E-state index contributed by atoms with van der Waals surface area (Å²) >= 11 is 0. The molecular weight excluding hydrogens is 230 g/mol. The zero-order chi connectivity index (χ0) is 13.2.